The Morgan fingerprint density at radius 2 is 1.44 bits per heavy atom. The van der Waals surface area contributed by atoms with E-state index in [0.717, 1.165) is 97.1 Å². The van der Waals surface area contributed by atoms with Gasteiger partial charge in [0.05, 0.1) is 28.2 Å². The number of ketones is 2. The third kappa shape index (κ3) is 6.29. The number of piperidine rings is 1. The number of aromatic nitrogens is 5. The fourth-order valence-corrected chi connectivity index (χ4v) is 7.15. The maximum atomic E-state index is 12.5. The van der Waals surface area contributed by atoms with Crippen molar-refractivity contribution >= 4 is 62.5 Å². The van der Waals surface area contributed by atoms with Gasteiger partial charge >= 0.3 is 0 Å². The smallest absolute Gasteiger partial charge is 0.253 e. The molecule has 3 fully saturated rings. The maximum absolute atomic E-state index is 12.5. The summed E-state index contributed by atoms with van der Waals surface area (Å²) < 4.78 is 0. The quantitative estimate of drug-likeness (QED) is 0.172. The fourth-order valence-electron chi connectivity index (χ4n) is 6.44. The van der Waals surface area contributed by atoms with Gasteiger partial charge in [0.2, 0.25) is 16.5 Å². The van der Waals surface area contributed by atoms with Crippen LogP contribution in [0.15, 0.2) is 12.4 Å². The molecule has 2 aliphatic heterocycles. The first-order valence-electron chi connectivity index (χ1n) is 14.6. The number of nitrogens with one attached hydrogen (secondary N) is 3. The standard InChI is InChI=1S/C15H13ClN4O.C8H6BrClN2O.C7H9NO2.CH4/c16-14-17-6-7-1-2-8-10-9(18-12(8)11(7)19-14)5-15(3-4-15)20-13(10)21;9-5-2-1-4-3-11-8(10)12-6(4)7(5)13;9-5-3-6(10)8-7(4-5)1-2-7;/h6,18H,1-5H2,(H,20,21);3,5H,1-2H2;1-4H2,(H,8,10);1H4. The number of halogens is 3. The zero-order valence-corrected chi connectivity index (χ0v) is 26.7. The van der Waals surface area contributed by atoms with Crippen LogP contribution in [0.2, 0.25) is 10.6 Å². The summed E-state index contributed by atoms with van der Waals surface area (Å²) in [6.07, 6.45) is 12.4. The minimum absolute atomic E-state index is 0. The third-order valence-corrected chi connectivity index (χ3v) is 10.3. The molecule has 1 saturated heterocycles. The number of hydrogen-bond donors (Lipinski definition) is 3. The van der Waals surface area contributed by atoms with Crippen molar-refractivity contribution in [1.29, 1.82) is 0 Å². The van der Waals surface area contributed by atoms with E-state index >= 15 is 0 Å². The summed E-state index contributed by atoms with van der Waals surface area (Å²) >= 11 is 14.8. The van der Waals surface area contributed by atoms with Crippen molar-refractivity contribution in [3.63, 3.8) is 0 Å². The van der Waals surface area contributed by atoms with E-state index in [9.17, 15) is 19.2 Å². The third-order valence-electron chi connectivity index (χ3n) is 9.04. The second-order valence-electron chi connectivity index (χ2n) is 12.4. The molecule has 11 nitrogen and oxygen atoms in total. The minimum atomic E-state index is -0.119. The molecule has 1 unspecified atom stereocenters. The van der Waals surface area contributed by atoms with Gasteiger partial charge < -0.3 is 15.6 Å². The molecule has 45 heavy (non-hydrogen) atoms. The Morgan fingerprint density at radius 1 is 0.822 bits per heavy atom. The molecule has 2 saturated carbocycles. The molecule has 2 amide bonds. The molecule has 0 radical (unpaired) electrons. The van der Waals surface area contributed by atoms with Crippen molar-refractivity contribution in [2.24, 2.45) is 0 Å². The lowest BCUT2D eigenvalue weighted by Gasteiger charge is -2.23. The summed E-state index contributed by atoms with van der Waals surface area (Å²) in [7, 11) is 0. The summed E-state index contributed by atoms with van der Waals surface area (Å²) in [5, 5.41) is 6.39. The van der Waals surface area contributed by atoms with Gasteiger partial charge in [-0.1, -0.05) is 23.4 Å². The maximum Gasteiger partial charge on any atom is 0.253 e. The van der Waals surface area contributed by atoms with Gasteiger partial charge in [-0.25, -0.2) is 19.9 Å². The number of rotatable bonds is 0. The van der Waals surface area contributed by atoms with Crippen LogP contribution in [0.3, 0.4) is 0 Å². The van der Waals surface area contributed by atoms with Gasteiger partial charge in [-0.15, -0.1) is 0 Å². The van der Waals surface area contributed by atoms with E-state index in [2.05, 4.69) is 51.5 Å². The molecule has 236 valence electrons. The predicted octanol–water partition coefficient (Wildman–Crippen LogP) is 4.70. The lowest BCUT2D eigenvalue weighted by molar-refractivity contribution is -0.132. The van der Waals surface area contributed by atoms with Crippen molar-refractivity contribution in [3.8, 4) is 11.4 Å². The van der Waals surface area contributed by atoms with E-state index in [1.165, 1.54) is 0 Å². The van der Waals surface area contributed by atoms with Crippen molar-refractivity contribution in [2.45, 2.75) is 94.0 Å². The monoisotopic (exact) mass is 715 g/mol. The predicted molar refractivity (Wildman–Crippen MR) is 171 cm³/mol. The van der Waals surface area contributed by atoms with Crippen LogP contribution in [0, 0.1) is 0 Å². The number of hydrogen-bond acceptors (Lipinski definition) is 8. The average molecular weight is 717 g/mol. The second kappa shape index (κ2) is 11.9. The van der Waals surface area contributed by atoms with Crippen molar-refractivity contribution < 1.29 is 19.2 Å². The summed E-state index contributed by atoms with van der Waals surface area (Å²) in [4.78, 5) is 65.2. The highest BCUT2D eigenvalue weighted by molar-refractivity contribution is 9.10. The summed E-state index contributed by atoms with van der Waals surface area (Å²) in [6.45, 7) is 0. The molecular formula is C31H32BrCl2N7O4. The highest BCUT2D eigenvalue weighted by atomic mass is 79.9. The van der Waals surface area contributed by atoms with E-state index in [4.69, 9.17) is 23.2 Å². The Hall–Kier alpha value is -3.22. The van der Waals surface area contributed by atoms with E-state index in [1.807, 2.05) is 0 Å². The second-order valence-corrected chi connectivity index (χ2v) is 14.1. The van der Waals surface area contributed by atoms with Crippen LogP contribution in [0.25, 0.3) is 11.4 Å². The molecule has 4 aliphatic carbocycles. The molecule has 3 aromatic rings. The van der Waals surface area contributed by atoms with Crippen molar-refractivity contribution in [3.05, 3.63) is 56.6 Å². The first kappa shape index (κ1) is 31.7. The van der Waals surface area contributed by atoms with Crippen LogP contribution in [-0.2, 0) is 35.3 Å². The minimum Gasteiger partial charge on any atom is -0.356 e. The lowest BCUT2D eigenvalue weighted by atomic mass is 9.90. The number of Topliss-reactive ketones (excluding diaryl/α,β-unsaturated/α-hetero) is 2. The summed E-state index contributed by atoms with van der Waals surface area (Å²) in [5.74, 6) is 0.0791. The largest absolute Gasteiger partial charge is 0.356 e. The van der Waals surface area contributed by atoms with E-state index in [0.29, 0.717) is 12.1 Å². The lowest BCUT2D eigenvalue weighted by Crippen LogP contribution is -2.44. The van der Waals surface area contributed by atoms with Crippen LogP contribution in [-0.4, -0.2) is 64.2 Å². The fraction of sp³-hybridized carbons (Fsp3) is 0.484. The van der Waals surface area contributed by atoms with E-state index in [1.54, 1.807) is 12.4 Å². The molecule has 0 bridgehead atoms. The topological polar surface area (TPSA) is 160 Å². The molecule has 0 aromatic carbocycles. The molecule has 3 N–H and O–H groups in total. The number of nitrogens with zero attached hydrogens (tertiary/aromatic N) is 4. The van der Waals surface area contributed by atoms with E-state index in [-0.39, 0.29) is 63.7 Å². The molecule has 9 rings (SSSR count). The van der Waals surface area contributed by atoms with Crippen LogP contribution < -0.4 is 10.6 Å². The molecule has 3 aromatic heterocycles. The SMILES string of the molecule is C.O=C1CC(=O)NC2(CC2)C1.O=C1NC2(CC2)Cc2[nH]c3c(c21)CCc1cnc(Cl)nc1-3.O=C1c2nc(Cl)ncc2CCC1Br. The van der Waals surface area contributed by atoms with Gasteiger partial charge in [-0.3, -0.25) is 19.2 Å². The molecular weight excluding hydrogens is 685 g/mol. The zero-order valence-electron chi connectivity index (χ0n) is 23.6. The Bertz CT molecular complexity index is 1730. The van der Waals surface area contributed by atoms with Gasteiger partial charge in [0.1, 0.15) is 11.5 Å². The molecule has 14 heteroatoms. The molecule has 1 atom stereocenters. The van der Waals surface area contributed by atoms with Crippen molar-refractivity contribution in [2.75, 3.05) is 0 Å². The number of fused-ring (bicyclic) bond motifs is 6. The van der Waals surface area contributed by atoms with Gasteiger partial charge in [-0.2, -0.15) is 0 Å². The number of carbonyl (C=O) groups excluding carboxylic acids is 4. The number of H-pyrrole nitrogens is 1. The Kier molecular flexibility index (Phi) is 8.36. The van der Waals surface area contributed by atoms with Gasteiger partial charge in [0, 0.05) is 47.6 Å². The van der Waals surface area contributed by atoms with Crippen LogP contribution in [0.4, 0.5) is 0 Å². The molecule has 2 spiro atoms. The molecule has 6 aliphatic rings. The van der Waals surface area contributed by atoms with Crippen molar-refractivity contribution in [1.82, 2.24) is 35.6 Å². The van der Waals surface area contributed by atoms with Gasteiger partial charge in [0.25, 0.3) is 5.91 Å². The Labute approximate surface area is 278 Å². The highest BCUT2D eigenvalue weighted by Crippen LogP contribution is 2.45. The summed E-state index contributed by atoms with van der Waals surface area (Å²) in [5.41, 5.74) is 7.18. The number of carbonyl (C=O) groups is 4. The first-order chi connectivity index (χ1) is 21.0. The number of amides is 2. The normalized spacial score (nSPS) is 22.1. The first-order valence-corrected chi connectivity index (χ1v) is 16.3. The van der Waals surface area contributed by atoms with Crippen LogP contribution >= 0.6 is 39.1 Å². The van der Waals surface area contributed by atoms with Crippen LogP contribution in [0.1, 0.15) is 95.6 Å². The van der Waals surface area contributed by atoms with Gasteiger partial charge in [-0.05, 0) is 85.7 Å². The zero-order chi connectivity index (χ0) is 30.8. The number of alkyl halides is 1. The van der Waals surface area contributed by atoms with Gasteiger partial charge in [0.15, 0.2) is 5.78 Å². The number of aromatic amines is 1. The number of aryl methyl sites for hydroxylation is 2. The summed E-state index contributed by atoms with van der Waals surface area (Å²) in [6, 6.07) is 0. The Morgan fingerprint density at radius 3 is 2.09 bits per heavy atom. The molecule has 5 heterocycles. The Balaban J connectivity index is 0.000000128. The van der Waals surface area contributed by atoms with E-state index < -0.39 is 0 Å². The highest BCUT2D eigenvalue weighted by Gasteiger charge is 2.50. The average Bonchev–Trinajstić information content (AvgIpc) is 3.87. The van der Waals surface area contributed by atoms with Crippen LogP contribution in [0.5, 0.6) is 0 Å².